The second-order valence-corrected chi connectivity index (χ2v) is 6.08. The van der Waals surface area contributed by atoms with Crippen LogP contribution < -0.4 is 10.6 Å². The third kappa shape index (κ3) is 5.49. The van der Waals surface area contributed by atoms with Crippen LogP contribution in [0.1, 0.15) is 58.3 Å². The van der Waals surface area contributed by atoms with Crippen molar-refractivity contribution in [3.05, 3.63) is 0 Å². The monoisotopic (exact) mass is 268 g/mol. The van der Waals surface area contributed by atoms with E-state index in [-0.39, 0.29) is 18.6 Å². The highest BCUT2D eigenvalue weighted by atomic mass is 16.5. The zero-order valence-corrected chi connectivity index (χ0v) is 12.1. The van der Waals surface area contributed by atoms with Crippen molar-refractivity contribution in [2.24, 2.45) is 0 Å². The van der Waals surface area contributed by atoms with Gasteiger partial charge in [-0.05, 0) is 32.6 Å². The number of hydrogen-bond donors (Lipinski definition) is 2. The van der Waals surface area contributed by atoms with Crippen LogP contribution in [0, 0.1) is 0 Å². The molecule has 1 aliphatic carbocycles. The lowest BCUT2D eigenvalue weighted by Gasteiger charge is -2.27. The molecule has 19 heavy (non-hydrogen) atoms. The van der Waals surface area contributed by atoms with E-state index in [1.807, 2.05) is 0 Å². The fourth-order valence-corrected chi connectivity index (χ4v) is 3.00. The second kappa shape index (κ2) is 7.85. The van der Waals surface area contributed by atoms with Crippen molar-refractivity contribution in [2.75, 3.05) is 13.2 Å². The van der Waals surface area contributed by atoms with E-state index in [0.29, 0.717) is 12.1 Å². The van der Waals surface area contributed by atoms with Crippen molar-refractivity contribution in [1.82, 2.24) is 10.6 Å². The Labute approximate surface area is 116 Å². The highest BCUT2D eigenvalue weighted by Crippen LogP contribution is 2.17. The highest BCUT2D eigenvalue weighted by Gasteiger charge is 2.20. The number of nitrogens with one attached hydrogen (secondary N) is 2. The van der Waals surface area contributed by atoms with Gasteiger partial charge in [0, 0.05) is 18.6 Å². The van der Waals surface area contributed by atoms with E-state index in [1.54, 1.807) is 0 Å². The molecule has 0 spiro atoms. The summed E-state index contributed by atoms with van der Waals surface area (Å²) in [6.07, 6.45) is 9.79. The molecule has 2 rings (SSSR count). The molecule has 2 aliphatic rings. The summed E-state index contributed by atoms with van der Waals surface area (Å²) in [5.74, 6) is 0.0607. The molecule has 0 radical (unpaired) electrons. The molecule has 2 fully saturated rings. The Bertz CT molecular complexity index is 267. The van der Waals surface area contributed by atoms with Gasteiger partial charge in [0.15, 0.2) is 0 Å². The van der Waals surface area contributed by atoms with Crippen molar-refractivity contribution in [3.63, 3.8) is 0 Å². The Kier molecular flexibility index (Phi) is 6.11. The zero-order chi connectivity index (χ0) is 13.5. The SMILES string of the molecule is CC1CCC(OCC(=O)NC2CCCCCC2)CN1. The zero-order valence-electron chi connectivity index (χ0n) is 12.1. The summed E-state index contributed by atoms with van der Waals surface area (Å²) < 4.78 is 5.69. The Morgan fingerprint density at radius 3 is 2.53 bits per heavy atom. The van der Waals surface area contributed by atoms with Gasteiger partial charge in [0.2, 0.25) is 5.91 Å². The molecular formula is C15H28N2O2. The number of carbonyl (C=O) groups is 1. The quantitative estimate of drug-likeness (QED) is 0.767. The summed E-state index contributed by atoms with van der Waals surface area (Å²) >= 11 is 0. The lowest BCUT2D eigenvalue weighted by Crippen LogP contribution is -2.43. The van der Waals surface area contributed by atoms with Gasteiger partial charge < -0.3 is 15.4 Å². The molecule has 4 heteroatoms. The van der Waals surface area contributed by atoms with Crippen molar-refractivity contribution in [1.29, 1.82) is 0 Å². The van der Waals surface area contributed by atoms with Crippen molar-refractivity contribution in [3.8, 4) is 0 Å². The fraction of sp³-hybridized carbons (Fsp3) is 0.933. The van der Waals surface area contributed by atoms with Gasteiger partial charge in [-0.15, -0.1) is 0 Å². The van der Waals surface area contributed by atoms with Crippen LogP contribution in [0.25, 0.3) is 0 Å². The Balaban J connectivity index is 1.61. The summed E-state index contributed by atoms with van der Waals surface area (Å²) in [4.78, 5) is 11.9. The summed E-state index contributed by atoms with van der Waals surface area (Å²) in [5, 5.41) is 6.51. The summed E-state index contributed by atoms with van der Waals surface area (Å²) in [6, 6.07) is 0.961. The van der Waals surface area contributed by atoms with Gasteiger partial charge in [-0.2, -0.15) is 0 Å². The predicted molar refractivity (Wildman–Crippen MR) is 76.1 cm³/mol. The van der Waals surface area contributed by atoms with E-state index in [1.165, 1.54) is 25.7 Å². The highest BCUT2D eigenvalue weighted by molar-refractivity contribution is 5.77. The third-order valence-corrected chi connectivity index (χ3v) is 4.29. The molecular weight excluding hydrogens is 240 g/mol. The Morgan fingerprint density at radius 1 is 1.16 bits per heavy atom. The molecule has 2 N–H and O–H groups in total. The molecule has 4 nitrogen and oxygen atoms in total. The molecule has 0 aromatic carbocycles. The maximum Gasteiger partial charge on any atom is 0.246 e. The number of amides is 1. The van der Waals surface area contributed by atoms with Crippen LogP contribution in [-0.4, -0.2) is 37.2 Å². The van der Waals surface area contributed by atoms with Crippen LogP contribution in [-0.2, 0) is 9.53 Å². The number of hydrogen-bond acceptors (Lipinski definition) is 3. The molecule has 1 saturated carbocycles. The van der Waals surface area contributed by atoms with Crippen LogP contribution in [0.5, 0.6) is 0 Å². The average molecular weight is 268 g/mol. The summed E-state index contributed by atoms with van der Waals surface area (Å²) in [6.45, 7) is 3.28. The van der Waals surface area contributed by atoms with Crippen LogP contribution in [0.2, 0.25) is 0 Å². The van der Waals surface area contributed by atoms with Gasteiger partial charge in [-0.1, -0.05) is 25.7 Å². The van der Waals surface area contributed by atoms with Crippen molar-refractivity contribution in [2.45, 2.75) is 76.5 Å². The van der Waals surface area contributed by atoms with Gasteiger partial charge in [0.05, 0.1) is 6.10 Å². The van der Waals surface area contributed by atoms with E-state index >= 15 is 0 Å². The second-order valence-electron chi connectivity index (χ2n) is 6.08. The molecule has 1 aliphatic heterocycles. The van der Waals surface area contributed by atoms with Crippen molar-refractivity contribution < 1.29 is 9.53 Å². The fourth-order valence-electron chi connectivity index (χ4n) is 3.00. The first-order valence-electron chi connectivity index (χ1n) is 7.88. The van der Waals surface area contributed by atoms with E-state index in [9.17, 15) is 4.79 Å². The number of piperidine rings is 1. The number of carbonyl (C=O) groups excluding carboxylic acids is 1. The first kappa shape index (κ1) is 14.8. The molecule has 2 atom stereocenters. The first-order chi connectivity index (χ1) is 9.24. The largest absolute Gasteiger partial charge is 0.367 e. The minimum Gasteiger partial charge on any atom is -0.367 e. The van der Waals surface area contributed by atoms with Crippen molar-refractivity contribution >= 4 is 5.91 Å². The predicted octanol–water partition coefficient (Wildman–Crippen LogP) is 1.98. The van der Waals surface area contributed by atoms with Crippen LogP contribution in [0.3, 0.4) is 0 Å². The topological polar surface area (TPSA) is 50.4 Å². The minimum absolute atomic E-state index is 0.0607. The summed E-state index contributed by atoms with van der Waals surface area (Å²) in [5.41, 5.74) is 0. The smallest absolute Gasteiger partial charge is 0.246 e. The standard InChI is InChI=1S/C15H28N2O2/c1-12-8-9-14(10-16-12)19-11-15(18)17-13-6-4-2-3-5-7-13/h12-14,16H,2-11H2,1H3,(H,17,18). The molecule has 1 amide bonds. The normalized spacial score (nSPS) is 29.7. The van der Waals surface area contributed by atoms with Crippen LogP contribution in [0.15, 0.2) is 0 Å². The molecule has 0 bridgehead atoms. The maximum atomic E-state index is 11.9. The molecule has 0 aromatic heterocycles. The molecule has 0 aromatic rings. The lowest BCUT2D eigenvalue weighted by molar-refractivity contribution is -0.129. The molecule has 2 unspecified atom stereocenters. The van der Waals surface area contributed by atoms with Crippen LogP contribution >= 0.6 is 0 Å². The van der Waals surface area contributed by atoms with Gasteiger partial charge in [-0.3, -0.25) is 4.79 Å². The van der Waals surface area contributed by atoms with E-state index in [0.717, 1.165) is 32.2 Å². The van der Waals surface area contributed by atoms with E-state index in [2.05, 4.69) is 17.6 Å². The van der Waals surface area contributed by atoms with Gasteiger partial charge in [0.25, 0.3) is 0 Å². The minimum atomic E-state index is 0.0607. The van der Waals surface area contributed by atoms with Gasteiger partial charge >= 0.3 is 0 Å². The van der Waals surface area contributed by atoms with Gasteiger partial charge in [0.1, 0.15) is 6.61 Å². The van der Waals surface area contributed by atoms with E-state index in [4.69, 9.17) is 4.74 Å². The molecule has 1 heterocycles. The average Bonchev–Trinajstić information content (AvgIpc) is 2.67. The number of ether oxygens (including phenoxy) is 1. The Morgan fingerprint density at radius 2 is 1.89 bits per heavy atom. The number of rotatable bonds is 4. The molecule has 110 valence electrons. The summed E-state index contributed by atoms with van der Waals surface area (Å²) in [7, 11) is 0. The third-order valence-electron chi connectivity index (χ3n) is 4.29. The van der Waals surface area contributed by atoms with E-state index < -0.39 is 0 Å². The molecule has 1 saturated heterocycles. The lowest BCUT2D eigenvalue weighted by atomic mass is 10.0. The maximum absolute atomic E-state index is 11.9. The Hall–Kier alpha value is -0.610. The van der Waals surface area contributed by atoms with Crippen LogP contribution in [0.4, 0.5) is 0 Å². The van der Waals surface area contributed by atoms with Gasteiger partial charge in [-0.25, -0.2) is 0 Å². The first-order valence-corrected chi connectivity index (χ1v) is 7.88.